The van der Waals surface area contributed by atoms with Crippen molar-refractivity contribution >= 4 is 21.6 Å². The average Bonchev–Trinajstić information content (AvgIpc) is 3.36. The number of rotatable bonds is 7. The molecule has 2 N–H and O–H groups in total. The monoisotopic (exact) mass is 494 g/mol. The number of fused-ring (bicyclic) bond motifs is 1. The highest BCUT2D eigenvalue weighted by atomic mass is 32.2. The van der Waals surface area contributed by atoms with Crippen molar-refractivity contribution in [2.45, 2.75) is 23.2 Å². The molecule has 0 aromatic heterocycles. The molecule has 0 bridgehead atoms. The zero-order chi connectivity index (χ0) is 24.3. The molecule has 2 aliphatic rings. The number of sulfonamides is 1. The first-order valence-electron chi connectivity index (χ1n) is 11.4. The smallest absolute Gasteiger partial charge is 0.261 e. The van der Waals surface area contributed by atoms with E-state index in [2.05, 4.69) is 10.0 Å². The first-order valence-corrected chi connectivity index (χ1v) is 12.9. The Bertz CT molecular complexity index is 1300. The molecule has 8 nitrogen and oxygen atoms in total. The summed E-state index contributed by atoms with van der Waals surface area (Å²) in [5, 5.41) is 3.04. The van der Waals surface area contributed by atoms with E-state index in [0.29, 0.717) is 36.8 Å². The summed E-state index contributed by atoms with van der Waals surface area (Å²) in [5.74, 6) is 1.16. The first kappa shape index (κ1) is 23.2. The molecule has 5 rings (SSSR count). The van der Waals surface area contributed by atoms with Gasteiger partial charge in [-0.1, -0.05) is 24.3 Å². The van der Waals surface area contributed by atoms with Crippen LogP contribution in [0.1, 0.15) is 28.8 Å². The topological polar surface area (TPSA) is 103 Å². The van der Waals surface area contributed by atoms with Crippen molar-refractivity contribution in [2.75, 3.05) is 31.3 Å². The molecular weight excluding hydrogens is 468 g/mol. The Morgan fingerprint density at radius 3 is 2.34 bits per heavy atom. The van der Waals surface area contributed by atoms with Crippen molar-refractivity contribution in [3.63, 3.8) is 0 Å². The molecule has 182 valence electrons. The Kier molecular flexibility index (Phi) is 6.36. The van der Waals surface area contributed by atoms with Crippen LogP contribution in [0.15, 0.2) is 77.7 Å². The van der Waals surface area contributed by atoms with E-state index < -0.39 is 10.0 Å². The normalized spacial score (nSPS) is 16.5. The summed E-state index contributed by atoms with van der Waals surface area (Å²) in [6, 6.07) is 20.5. The number of hydrogen-bond donors (Lipinski definition) is 2. The highest BCUT2D eigenvalue weighted by Gasteiger charge is 2.36. The van der Waals surface area contributed by atoms with Gasteiger partial charge in [-0.15, -0.1) is 0 Å². The highest BCUT2D eigenvalue weighted by molar-refractivity contribution is 7.92. The van der Waals surface area contributed by atoms with Crippen LogP contribution in [-0.2, 0) is 20.2 Å². The molecule has 1 saturated heterocycles. The third kappa shape index (κ3) is 4.96. The zero-order valence-corrected chi connectivity index (χ0v) is 19.8. The third-order valence-electron chi connectivity index (χ3n) is 6.47. The molecule has 3 aromatic carbocycles. The molecule has 0 spiro atoms. The van der Waals surface area contributed by atoms with Crippen LogP contribution in [0.4, 0.5) is 5.69 Å². The number of benzene rings is 3. The number of anilines is 1. The molecule has 0 atom stereocenters. The van der Waals surface area contributed by atoms with Gasteiger partial charge in [0.2, 0.25) is 6.79 Å². The molecule has 9 heteroatoms. The SMILES string of the molecule is O=C(NCC1(c2ccc3c(c2)OCO3)CCOCC1)c1ccc(S(=O)(=O)Nc2ccccc2)cc1. The Labute approximate surface area is 204 Å². The van der Waals surface area contributed by atoms with Crippen LogP contribution in [0.5, 0.6) is 11.5 Å². The van der Waals surface area contributed by atoms with Gasteiger partial charge in [-0.25, -0.2) is 8.42 Å². The summed E-state index contributed by atoms with van der Waals surface area (Å²) in [6.45, 7) is 1.83. The van der Waals surface area contributed by atoms with E-state index in [0.717, 1.165) is 24.2 Å². The van der Waals surface area contributed by atoms with Gasteiger partial charge in [0.1, 0.15) is 0 Å². The van der Waals surface area contributed by atoms with E-state index in [1.807, 2.05) is 24.3 Å². The lowest BCUT2D eigenvalue weighted by Gasteiger charge is -2.38. The second-order valence-electron chi connectivity index (χ2n) is 8.64. The second-order valence-corrected chi connectivity index (χ2v) is 10.3. The molecule has 2 heterocycles. The van der Waals surface area contributed by atoms with Crippen LogP contribution < -0.4 is 19.5 Å². The molecule has 0 unspecified atom stereocenters. The van der Waals surface area contributed by atoms with Gasteiger partial charge < -0.3 is 19.5 Å². The molecule has 1 fully saturated rings. The van der Waals surface area contributed by atoms with Crippen LogP contribution in [-0.4, -0.2) is 40.9 Å². The van der Waals surface area contributed by atoms with Gasteiger partial charge in [-0.2, -0.15) is 0 Å². The Balaban J connectivity index is 1.29. The maximum Gasteiger partial charge on any atom is 0.261 e. The van der Waals surface area contributed by atoms with Gasteiger partial charge in [0, 0.05) is 36.4 Å². The van der Waals surface area contributed by atoms with Crippen LogP contribution in [0.3, 0.4) is 0 Å². The maximum atomic E-state index is 12.9. The second kappa shape index (κ2) is 9.59. The highest BCUT2D eigenvalue weighted by Crippen LogP contribution is 2.40. The number of carbonyl (C=O) groups is 1. The van der Waals surface area contributed by atoms with E-state index in [4.69, 9.17) is 14.2 Å². The number of para-hydroxylation sites is 1. The number of hydrogen-bond acceptors (Lipinski definition) is 6. The predicted octanol–water partition coefficient (Wildman–Crippen LogP) is 3.69. The van der Waals surface area contributed by atoms with Crippen LogP contribution in [0.2, 0.25) is 0 Å². The van der Waals surface area contributed by atoms with Crippen LogP contribution >= 0.6 is 0 Å². The van der Waals surface area contributed by atoms with E-state index in [1.165, 1.54) is 24.3 Å². The fraction of sp³-hybridized carbons (Fsp3) is 0.269. The minimum Gasteiger partial charge on any atom is -0.454 e. The molecule has 35 heavy (non-hydrogen) atoms. The number of ether oxygens (including phenoxy) is 3. The maximum absolute atomic E-state index is 12.9. The van der Waals surface area contributed by atoms with Gasteiger partial charge in [0.25, 0.3) is 15.9 Å². The minimum atomic E-state index is -3.75. The summed E-state index contributed by atoms with van der Waals surface area (Å²) in [4.78, 5) is 13.0. The van der Waals surface area contributed by atoms with Crippen molar-refractivity contribution < 1.29 is 27.4 Å². The van der Waals surface area contributed by atoms with Gasteiger partial charge in [0.15, 0.2) is 11.5 Å². The average molecular weight is 495 g/mol. The lowest BCUT2D eigenvalue weighted by molar-refractivity contribution is 0.0486. The standard InChI is InChI=1S/C26H26N2O6S/c29-25(19-6-9-22(10-7-19)35(30,31)28-21-4-2-1-3-5-21)27-17-26(12-14-32-15-13-26)20-8-11-23-24(16-20)34-18-33-23/h1-11,16,28H,12-15,17-18H2,(H,27,29). The van der Waals surface area contributed by atoms with Crippen molar-refractivity contribution in [3.8, 4) is 11.5 Å². The summed E-state index contributed by atoms with van der Waals surface area (Å²) in [7, 11) is -3.75. The number of carbonyl (C=O) groups excluding carboxylic acids is 1. The number of amides is 1. The van der Waals surface area contributed by atoms with E-state index in [1.54, 1.807) is 24.3 Å². The van der Waals surface area contributed by atoms with Crippen molar-refractivity contribution in [2.24, 2.45) is 0 Å². The number of nitrogens with one attached hydrogen (secondary N) is 2. The van der Waals surface area contributed by atoms with Crippen molar-refractivity contribution in [1.29, 1.82) is 0 Å². The minimum absolute atomic E-state index is 0.0826. The molecule has 0 saturated carbocycles. The van der Waals surface area contributed by atoms with E-state index in [9.17, 15) is 13.2 Å². The van der Waals surface area contributed by atoms with Gasteiger partial charge >= 0.3 is 0 Å². The van der Waals surface area contributed by atoms with Crippen molar-refractivity contribution in [1.82, 2.24) is 5.32 Å². The Hall–Kier alpha value is -3.56. The quantitative estimate of drug-likeness (QED) is 0.519. The fourth-order valence-electron chi connectivity index (χ4n) is 4.41. The molecule has 3 aromatic rings. The summed E-state index contributed by atoms with van der Waals surface area (Å²) in [5.41, 5.74) is 1.63. The fourth-order valence-corrected chi connectivity index (χ4v) is 5.47. The summed E-state index contributed by atoms with van der Waals surface area (Å²) >= 11 is 0. The largest absolute Gasteiger partial charge is 0.454 e. The van der Waals surface area contributed by atoms with E-state index in [-0.39, 0.29) is 23.0 Å². The van der Waals surface area contributed by atoms with Crippen LogP contribution in [0.25, 0.3) is 0 Å². The molecule has 2 aliphatic heterocycles. The molecule has 0 aliphatic carbocycles. The third-order valence-corrected chi connectivity index (χ3v) is 7.87. The zero-order valence-electron chi connectivity index (χ0n) is 19.0. The lowest BCUT2D eigenvalue weighted by Crippen LogP contribution is -2.44. The first-order chi connectivity index (χ1) is 17.0. The van der Waals surface area contributed by atoms with Crippen molar-refractivity contribution in [3.05, 3.63) is 83.9 Å². The molecule has 1 amide bonds. The van der Waals surface area contributed by atoms with Gasteiger partial charge in [-0.05, 0) is 66.9 Å². The summed E-state index contributed by atoms with van der Waals surface area (Å²) in [6.07, 6.45) is 1.52. The predicted molar refractivity (Wildman–Crippen MR) is 130 cm³/mol. The molecule has 0 radical (unpaired) electrons. The summed E-state index contributed by atoms with van der Waals surface area (Å²) < 4.78 is 44.4. The lowest BCUT2D eigenvalue weighted by atomic mass is 9.74. The van der Waals surface area contributed by atoms with Gasteiger partial charge in [0.05, 0.1) is 4.90 Å². The van der Waals surface area contributed by atoms with E-state index >= 15 is 0 Å². The van der Waals surface area contributed by atoms with Gasteiger partial charge in [-0.3, -0.25) is 9.52 Å². The Morgan fingerprint density at radius 2 is 1.60 bits per heavy atom. The Morgan fingerprint density at radius 1 is 0.886 bits per heavy atom. The molecular formula is C26H26N2O6S. The van der Waals surface area contributed by atoms with Crippen LogP contribution in [0, 0.1) is 0 Å².